The van der Waals surface area contributed by atoms with Crippen molar-refractivity contribution in [3.8, 4) is 0 Å². The SMILES string of the molecule is C/C=C\C(=C/C)C[C@H]1CNC[C@@H]1C. The first-order chi connectivity index (χ1) is 6.27. The summed E-state index contributed by atoms with van der Waals surface area (Å²) in [7, 11) is 0. The zero-order valence-electron chi connectivity index (χ0n) is 9.01. The molecule has 0 saturated carbocycles. The molecular formula is C12H21N. The lowest BCUT2D eigenvalue weighted by Gasteiger charge is -2.14. The predicted molar refractivity (Wildman–Crippen MR) is 58.7 cm³/mol. The summed E-state index contributed by atoms with van der Waals surface area (Å²) in [6.45, 7) is 8.93. The summed E-state index contributed by atoms with van der Waals surface area (Å²) in [6.07, 6.45) is 7.81. The van der Waals surface area contributed by atoms with Crippen LogP contribution >= 0.6 is 0 Å². The maximum absolute atomic E-state index is 3.44. The van der Waals surface area contributed by atoms with Gasteiger partial charge in [0.15, 0.2) is 0 Å². The lowest BCUT2D eigenvalue weighted by molar-refractivity contribution is 0.452. The highest BCUT2D eigenvalue weighted by Gasteiger charge is 2.22. The lowest BCUT2D eigenvalue weighted by atomic mass is 9.91. The van der Waals surface area contributed by atoms with Crippen molar-refractivity contribution in [2.45, 2.75) is 27.2 Å². The van der Waals surface area contributed by atoms with Gasteiger partial charge >= 0.3 is 0 Å². The Bertz CT molecular complexity index is 203. The summed E-state index contributed by atoms with van der Waals surface area (Å²) in [5.41, 5.74) is 1.48. The van der Waals surface area contributed by atoms with E-state index in [2.05, 4.69) is 44.3 Å². The Morgan fingerprint density at radius 1 is 1.38 bits per heavy atom. The van der Waals surface area contributed by atoms with Crippen LogP contribution < -0.4 is 5.32 Å². The van der Waals surface area contributed by atoms with Gasteiger partial charge in [0.2, 0.25) is 0 Å². The van der Waals surface area contributed by atoms with Crippen LogP contribution in [0.25, 0.3) is 0 Å². The van der Waals surface area contributed by atoms with E-state index in [-0.39, 0.29) is 0 Å². The third kappa shape index (κ3) is 3.00. The van der Waals surface area contributed by atoms with Gasteiger partial charge in [-0.15, -0.1) is 0 Å². The van der Waals surface area contributed by atoms with Crippen LogP contribution in [0.5, 0.6) is 0 Å². The average Bonchev–Trinajstić information content (AvgIpc) is 2.51. The molecule has 1 N–H and O–H groups in total. The van der Waals surface area contributed by atoms with Crippen molar-refractivity contribution < 1.29 is 0 Å². The fraction of sp³-hybridized carbons (Fsp3) is 0.667. The summed E-state index contributed by atoms with van der Waals surface area (Å²) >= 11 is 0. The molecule has 1 aliphatic rings. The number of allylic oxidation sites excluding steroid dienone is 4. The van der Waals surface area contributed by atoms with Gasteiger partial charge in [-0.05, 0) is 45.2 Å². The van der Waals surface area contributed by atoms with Crippen molar-refractivity contribution in [3.63, 3.8) is 0 Å². The van der Waals surface area contributed by atoms with E-state index in [0.717, 1.165) is 11.8 Å². The summed E-state index contributed by atoms with van der Waals surface area (Å²) in [5, 5.41) is 3.44. The molecule has 0 amide bonds. The van der Waals surface area contributed by atoms with Gasteiger partial charge in [-0.2, -0.15) is 0 Å². The molecule has 74 valence electrons. The van der Waals surface area contributed by atoms with Crippen LogP contribution in [0.4, 0.5) is 0 Å². The second kappa shape index (κ2) is 5.23. The van der Waals surface area contributed by atoms with Crippen LogP contribution in [0.2, 0.25) is 0 Å². The van der Waals surface area contributed by atoms with Crippen LogP contribution in [0.1, 0.15) is 27.2 Å². The molecule has 0 aromatic carbocycles. The first-order valence-electron chi connectivity index (χ1n) is 5.26. The Balaban J connectivity index is 2.46. The van der Waals surface area contributed by atoms with E-state index in [1.807, 2.05) is 0 Å². The maximum atomic E-state index is 3.44. The highest BCUT2D eigenvalue weighted by atomic mass is 14.9. The van der Waals surface area contributed by atoms with Crippen LogP contribution in [0, 0.1) is 11.8 Å². The largest absolute Gasteiger partial charge is 0.316 e. The van der Waals surface area contributed by atoms with Gasteiger partial charge in [-0.3, -0.25) is 0 Å². The van der Waals surface area contributed by atoms with Crippen LogP contribution in [0.15, 0.2) is 23.8 Å². The van der Waals surface area contributed by atoms with Gasteiger partial charge in [-0.25, -0.2) is 0 Å². The second-order valence-corrected chi connectivity index (χ2v) is 3.96. The molecule has 0 bridgehead atoms. The Hall–Kier alpha value is -0.560. The second-order valence-electron chi connectivity index (χ2n) is 3.96. The molecule has 1 saturated heterocycles. The molecule has 0 aliphatic carbocycles. The van der Waals surface area contributed by atoms with E-state index in [1.54, 1.807) is 0 Å². The molecule has 1 nitrogen and oxygen atoms in total. The van der Waals surface area contributed by atoms with Crippen molar-refractivity contribution in [1.29, 1.82) is 0 Å². The van der Waals surface area contributed by atoms with Crippen LogP contribution in [-0.4, -0.2) is 13.1 Å². The van der Waals surface area contributed by atoms with Crippen molar-refractivity contribution in [2.24, 2.45) is 11.8 Å². The molecule has 0 spiro atoms. The highest BCUT2D eigenvalue weighted by molar-refractivity contribution is 5.18. The minimum atomic E-state index is 0.834. The van der Waals surface area contributed by atoms with E-state index in [1.165, 1.54) is 25.1 Å². The molecular weight excluding hydrogens is 158 g/mol. The monoisotopic (exact) mass is 179 g/mol. The van der Waals surface area contributed by atoms with Crippen molar-refractivity contribution in [1.82, 2.24) is 5.32 Å². The smallest absolute Gasteiger partial charge is 0.00142 e. The van der Waals surface area contributed by atoms with E-state index >= 15 is 0 Å². The quantitative estimate of drug-likeness (QED) is 0.657. The Morgan fingerprint density at radius 3 is 2.62 bits per heavy atom. The van der Waals surface area contributed by atoms with Crippen molar-refractivity contribution in [3.05, 3.63) is 23.8 Å². The standard InChI is InChI=1S/C12H21N/c1-4-6-11(5-2)7-12-9-13-8-10(12)3/h4-6,10,12-13H,7-9H2,1-3H3/b6-4-,11-5+/t10-,12-/m0/s1. The molecule has 1 heteroatoms. The summed E-state index contributed by atoms with van der Waals surface area (Å²) in [4.78, 5) is 0. The van der Waals surface area contributed by atoms with Crippen molar-refractivity contribution >= 4 is 0 Å². The van der Waals surface area contributed by atoms with Crippen LogP contribution in [-0.2, 0) is 0 Å². The molecule has 1 aliphatic heterocycles. The number of nitrogens with one attached hydrogen (secondary N) is 1. The summed E-state index contributed by atoms with van der Waals surface area (Å²) in [5.74, 6) is 1.67. The van der Waals surface area contributed by atoms with Gasteiger partial charge in [0, 0.05) is 0 Å². The number of rotatable bonds is 3. The summed E-state index contributed by atoms with van der Waals surface area (Å²) in [6, 6.07) is 0. The molecule has 0 aromatic rings. The average molecular weight is 179 g/mol. The molecule has 1 fully saturated rings. The fourth-order valence-corrected chi connectivity index (χ4v) is 1.94. The molecule has 0 radical (unpaired) electrons. The molecule has 0 aromatic heterocycles. The van der Waals surface area contributed by atoms with E-state index < -0.39 is 0 Å². The Kier molecular flexibility index (Phi) is 4.23. The number of hydrogen-bond acceptors (Lipinski definition) is 1. The third-order valence-electron chi connectivity index (χ3n) is 2.93. The van der Waals surface area contributed by atoms with E-state index in [4.69, 9.17) is 0 Å². The normalized spacial score (nSPS) is 30.2. The van der Waals surface area contributed by atoms with Gasteiger partial charge in [-0.1, -0.05) is 30.7 Å². The van der Waals surface area contributed by atoms with Gasteiger partial charge in [0.1, 0.15) is 0 Å². The fourth-order valence-electron chi connectivity index (χ4n) is 1.94. The molecule has 2 atom stereocenters. The number of hydrogen-bond donors (Lipinski definition) is 1. The first-order valence-corrected chi connectivity index (χ1v) is 5.26. The lowest BCUT2D eigenvalue weighted by Crippen LogP contribution is -2.10. The maximum Gasteiger partial charge on any atom is -0.00142 e. The molecule has 13 heavy (non-hydrogen) atoms. The summed E-state index contributed by atoms with van der Waals surface area (Å²) < 4.78 is 0. The molecule has 1 rings (SSSR count). The first kappa shape index (κ1) is 10.5. The molecule has 0 unspecified atom stereocenters. The van der Waals surface area contributed by atoms with Gasteiger partial charge < -0.3 is 5.32 Å². The van der Waals surface area contributed by atoms with Gasteiger partial charge in [0.05, 0.1) is 0 Å². The predicted octanol–water partition coefficient (Wildman–Crippen LogP) is 2.75. The molecule has 1 heterocycles. The van der Waals surface area contributed by atoms with Gasteiger partial charge in [0.25, 0.3) is 0 Å². The minimum Gasteiger partial charge on any atom is -0.316 e. The zero-order valence-corrected chi connectivity index (χ0v) is 9.01. The van der Waals surface area contributed by atoms with Crippen molar-refractivity contribution in [2.75, 3.05) is 13.1 Å². The topological polar surface area (TPSA) is 12.0 Å². The van der Waals surface area contributed by atoms with Crippen LogP contribution in [0.3, 0.4) is 0 Å². The Morgan fingerprint density at radius 2 is 2.15 bits per heavy atom. The Labute approximate surface area is 81.9 Å². The zero-order chi connectivity index (χ0) is 9.68. The third-order valence-corrected chi connectivity index (χ3v) is 2.93. The van der Waals surface area contributed by atoms with E-state index in [9.17, 15) is 0 Å². The highest BCUT2D eigenvalue weighted by Crippen LogP contribution is 2.23. The minimum absolute atomic E-state index is 0.834. The van der Waals surface area contributed by atoms with E-state index in [0.29, 0.717) is 0 Å².